The Bertz CT molecular complexity index is 902. The molecule has 4 atom stereocenters. The lowest BCUT2D eigenvalue weighted by atomic mass is 9.62. The van der Waals surface area contributed by atoms with Crippen LogP contribution in [0, 0.1) is 17.3 Å². The summed E-state index contributed by atoms with van der Waals surface area (Å²) in [6, 6.07) is 8.06. The highest BCUT2D eigenvalue weighted by Crippen LogP contribution is 2.52. The van der Waals surface area contributed by atoms with E-state index >= 15 is 0 Å². The number of hydrogen-bond acceptors (Lipinski definition) is 4. The number of esters is 1. The average molecular weight is 427 g/mol. The molecule has 2 fully saturated rings. The number of fused-ring (bicyclic) bond motifs is 2. The first-order valence-corrected chi connectivity index (χ1v) is 11.6. The van der Waals surface area contributed by atoms with Crippen LogP contribution in [0.4, 0.5) is 5.69 Å². The van der Waals surface area contributed by atoms with Crippen molar-refractivity contribution in [3.63, 3.8) is 0 Å². The number of hydrogen-bond donors (Lipinski definition) is 0. The van der Waals surface area contributed by atoms with E-state index in [9.17, 15) is 4.79 Å². The van der Waals surface area contributed by atoms with Crippen LogP contribution in [0.25, 0.3) is 0 Å². The summed E-state index contributed by atoms with van der Waals surface area (Å²) in [6.45, 7) is 9.20. The molecule has 5 heteroatoms. The molecule has 0 N–H and O–H groups in total. The summed E-state index contributed by atoms with van der Waals surface area (Å²) in [7, 11) is 0. The second kappa shape index (κ2) is 7.72. The van der Waals surface area contributed by atoms with Gasteiger partial charge < -0.3 is 9.64 Å². The van der Waals surface area contributed by atoms with E-state index in [1.54, 1.807) is 0 Å². The van der Waals surface area contributed by atoms with Gasteiger partial charge in [0.2, 0.25) is 0 Å². The topological polar surface area (TPSA) is 32.8 Å². The summed E-state index contributed by atoms with van der Waals surface area (Å²) in [4.78, 5) is 17.6. The predicted molar refractivity (Wildman–Crippen MR) is 121 cm³/mol. The first kappa shape index (κ1) is 20.1. The van der Waals surface area contributed by atoms with Crippen molar-refractivity contribution in [3.8, 4) is 0 Å². The molecule has 4 nitrogen and oxygen atoms in total. The summed E-state index contributed by atoms with van der Waals surface area (Å²) < 4.78 is 5.92. The third-order valence-electron chi connectivity index (χ3n) is 7.70. The number of allylic oxidation sites excluding steroid dienone is 3. The Morgan fingerprint density at radius 2 is 2.03 bits per heavy atom. The van der Waals surface area contributed by atoms with E-state index in [-0.39, 0.29) is 29.3 Å². The number of carbonyl (C=O) groups is 1. The molecule has 2 saturated heterocycles. The van der Waals surface area contributed by atoms with E-state index in [2.05, 4.69) is 41.9 Å². The maximum absolute atomic E-state index is 12.8. The SMILES string of the molecule is CC1=CCC[C@]2(C)C[C@H]3OC(=O)C(CN4CCN(c5cccc(Cl)c5)CC4)[C@H]3C=C12. The fourth-order valence-corrected chi connectivity index (χ4v) is 6.16. The molecule has 1 aromatic rings. The van der Waals surface area contributed by atoms with Gasteiger partial charge in [-0.3, -0.25) is 9.69 Å². The molecule has 0 saturated carbocycles. The van der Waals surface area contributed by atoms with Gasteiger partial charge in [-0.2, -0.15) is 0 Å². The molecule has 0 aromatic heterocycles. The minimum atomic E-state index is -0.0421. The Hall–Kier alpha value is -1.78. The summed E-state index contributed by atoms with van der Waals surface area (Å²) in [5.41, 5.74) is 4.20. The molecule has 1 unspecified atom stereocenters. The summed E-state index contributed by atoms with van der Waals surface area (Å²) in [6.07, 6.45) is 8.07. The van der Waals surface area contributed by atoms with Crippen LogP contribution in [0.3, 0.4) is 0 Å². The largest absolute Gasteiger partial charge is 0.461 e. The molecular weight excluding hydrogens is 396 g/mol. The molecule has 5 rings (SSSR count). The Kier molecular flexibility index (Phi) is 5.19. The maximum atomic E-state index is 12.8. The van der Waals surface area contributed by atoms with Gasteiger partial charge in [-0.1, -0.05) is 42.3 Å². The summed E-state index contributed by atoms with van der Waals surface area (Å²) in [5.74, 6) is 0.176. The second-order valence-corrected chi connectivity index (χ2v) is 10.1. The number of carbonyl (C=O) groups excluding carboxylic acids is 1. The first-order valence-electron chi connectivity index (χ1n) is 11.3. The molecule has 30 heavy (non-hydrogen) atoms. The summed E-state index contributed by atoms with van der Waals surface area (Å²) in [5, 5.41) is 0.777. The van der Waals surface area contributed by atoms with Crippen molar-refractivity contribution in [2.75, 3.05) is 37.6 Å². The number of anilines is 1. The molecule has 1 aromatic carbocycles. The van der Waals surface area contributed by atoms with Gasteiger partial charge in [0.1, 0.15) is 6.10 Å². The molecular formula is C25H31ClN2O2. The Labute approximate surface area is 184 Å². The van der Waals surface area contributed by atoms with Crippen LogP contribution < -0.4 is 4.90 Å². The Morgan fingerprint density at radius 1 is 1.23 bits per heavy atom. The normalized spacial score (nSPS) is 34.0. The van der Waals surface area contributed by atoms with Crippen molar-refractivity contribution in [3.05, 3.63) is 52.6 Å². The quantitative estimate of drug-likeness (QED) is 0.656. The lowest BCUT2D eigenvalue weighted by Crippen LogP contribution is -2.49. The van der Waals surface area contributed by atoms with E-state index in [1.807, 2.05) is 18.2 Å². The lowest BCUT2D eigenvalue weighted by Gasteiger charge is -2.43. The fourth-order valence-electron chi connectivity index (χ4n) is 5.98. The van der Waals surface area contributed by atoms with Crippen molar-refractivity contribution >= 4 is 23.3 Å². The van der Waals surface area contributed by atoms with Crippen molar-refractivity contribution in [1.29, 1.82) is 0 Å². The Morgan fingerprint density at radius 3 is 2.80 bits per heavy atom. The minimum absolute atomic E-state index is 0.00278. The highest BCUT2D eigenvalue weighted by Gasteiger charge is 2.51. The molecule has 2 heterocycles. The molecule has 160 valence electrons. The van der Waals surface area contributed by atoms with Crippen LogP contribution in [-0.2, 0) is 9.53 Å². The van der Waals surface area contributed by atoms with Gasteiger partial charge in [-0.15, -0.1) is 0 Å². The van der Waals surface area contributed by atoms with Gasteiger partial charge >= 0.3 is 5.97 Å². The highest BCUT2D eigenvalue weighted by atomic mass is 35.5. The standard InChI is InChI=1S/C25H31ClN2O2/c1-17-5-4-8-25(2)15-23-20(14-22(17)25)21(24(29)30-23)16-27-9-11-28(12-10-27)19-7-3-6-18(26)13-19/h3,5-7,13-14,20-21,23H,4,8-12,15-16H2,1-2H3/t20-,21?,23-,25-/m1/s1. The Balaban J connectivity index is 1.27. The third-order valence-corrected chi connectivity index (χ3v) is 7.93. The van der Waals surface area contributed by atoms with Gasteiger partial charge in [0.15, 0.2) is 0 Å². The molecule has 2 aliphatic heterocycles. The summed E-state index contributed by atoms with van der Waals surface area (Å²) >= 11 is 6.16. The van der Waals surface area contributed by atoms with Crippen LogP contribution in [-0.4, -0.2) is 49.7 Å². The van der Waals surface area contributed by atoms with Gasteiger partial charge in [-0.25, -0.2) is 0 Å². The lowest BCUT2D eigenvalue weighted by molar-refractivity contribution is -0.145. The first-order chi connectivity index (χ1) is 14.4. The number of nitrogens with zero attached hydrogens (tertiary/aromatic N) is 2. The van der Waals surface area contributed by atoms with Crippen LogP contribution in [0.5, 0.6) is 0 Å². The predicted octanol–water partition coefficient (Wildman–Crippen LogP) is 4.70. The smallest absolute Gasteiger partial charge is 0.311 e. The molecule has 0 spiro atoms. The number of rotatable bonds is 3. The van der Waals surface area contributed by atoms with Gasteiger partial charge in [-0.05, 0) is 55.4 Å². The maximum Gasteiger partial charge on any atom is 0.311 e. The number of benzene rings is 1. The number of halogens is 1. The van der Waals surface area contributed by atoms with Crippen molar-refractivity contribution in [2.24, 2.45) is 17.3 Å². The zero-order valence-electron chi connectivity index (χ0n) is 17.9. The van der Waals surface area contributed by atoms with E-state index in [0.29, 0.717) is 0 Å². The van der Waals surface area contributed by atoms with Gasteiger partial charge in [0, 0.05) is 49.4 Å². The fraction of sp³-hybridized carbons (Fsp3) is 0.560. The zero-order chi connectivity index (χ0) is 20.9. The van der Waals surface area contributed by atoms with E-state index in [4.69, 9.17) is 16.3 Å². The van der Waals surface area contributed by atoms with Crippen LogP contribution in [0.1, 0.15) is 33.1 Å². The second-order valence-electron chi connectivity index (χ2n) is 9.70. The minimum Gasteiger partial charge on any atom is -0.461 e. The zero-order valence-corrected chi connectivity index (χ0v) is 18.7. The molecule has 4 aliphatic rings. The molecule has 0 radical (unpaired) electrons. The molecule has 2 aliphatic carbocycles. The highest BCUT2D eigenvalue weighted by molar-refractivity contribution is 6.30. The van der Waals surface area contributed by atoms with E-state index < -0.39 is 0 Å². The molecule has 0 bridgehead atoms. The van der Waals surface area contributed by atoms with Crippen molar-refractivity contribution in [2.45, 2.75) is 39.2 Å². The van der Waals surface area contributed by atoms with Crippen LogP contribution in [0.15, 0.2) is 47.6 Å². The third kappa shape index (κ3) is 3.58. The average Bonchev–Trinajstić information content (AvgIpc) is 3.01. The number of ether oxygens (including phenoxy) is 1. The molecule has 0 amide bonds. The van der Waals surface area contributed by atoms with Crippen LogP contribution in [0.2, 0.25) is 5.02 Å². The van der Waals surface area contributed by atoms with Crippen molar-refractivity contribution in [1.82, 2.24) is 4.90 Å². The van der Waals surface area contributed by atoms with Gasteiger partial charge in [0.25, 0.3) is 0 Å². The van der Waals surface area contributed by atoms with E-state index in [0.717, 1.165) is 57.0 Å². The van der Waals surface area contributed by atoms with Crippen molar-refractivity contribution < 1.29 is 9.53 Å². The number of piperazine rings is 1. The monoisotopic (exact) mass is 426 g/mol. The van der Waals surface area contributed by atoms with E-state index in [1.165, 1.54) is 16.8 Å². The van der Waals surface area contributed by atoms with Gasteiger partial charge in [0.05, 0.1) is 5.92 Å². The van der Waals surface area contributed by atoms with Crippen LogP contribution >= 0.6 is 11.6 Å².